The van der Waals surface area contributed by atoms with Crippen LogP contribution in [-0.2, 0) is 4.79 Å². The van der Waals surface area contributed by atoms with Crippen molar-refractivity contribution in [3.05, 3.63) is 84.7 Å². The van der Waals surface area contributed by atoms with E-state index in [-0.39, 0.29) is 18.1 Å². The molecule has 0 aromatic heterocycles. The molecule has 0 radical (unpaired) electrons. The van der Waals surface area contributed by atoms with Crippen molar-refractivity contribution >= 4 is 17.3 Å². The van der Waals surface area contributed by atoms with Crippen molar-refractivity contribution in [3.8, 4) is 11.5 Å². The van der Waals surface area contributed by atoms with Crippen molar-refractivity contribution in [3.63, 3.8) is 0 Å². The molecule has 3 rings (SSSR count). The van der Waals surface area contributed by atoms with Crippen molar-refractivity contribution in [1.29, 1.82) is 0 Å². The minimum absolute atomic E-state index is 0.0349. The number of carbonyl (C=O) groups excluding carboxylic acids is 1. The molecule has 0 unspecified atom stereocenters. The quantitative estimate of drug-likeness (QED) is 0.688. The van der Waals surface area contributed by atoms with Crippen LogP contribution < -0.4 is 15.4 Å². The maximum Gasteiger partial charge on any atom is 0.243 e. The topological polar surface area (TPSA) is 50.4 Å². The van der Waals surface area contributed by atoms with Crippen LogP contribution in [0.3, 0.4) is 0 Å². The van der Waals surface area contributed by atoms with Gasteiger partial charge in [-0.1, -0.05) is 30.3 Å². The minimum Gasteiger partial charge on any atom is -0.457 e. The molecule has 0 atom stereocenters. The number of rotatable bonds is 6. The van der Waals surface area contributed by atoms with Gasteiger partial charge in [-0.2, -0.15) is 0 Å². The fourth-order valence-corrected chi connectivity index (χ4v) is 2.20. The summed E-state index contributed by atoms with van der Waals surface area (Å²) < 4.78 is 19.2. The summed E-state index contributed by atoms with van der Waals surface area (Å²) in [6, 6.07) is 22.8. The van der Waals surface area contributed by atoms with E-state index in [9.17, 15) is 9.18 Å². The van der Waals surface area contributed by atoms with Crippen molar-refractivity contribution in [2.45, 2.75) is 0 Å². The van der Waals surface area contributed by atoms with Crippen LogP contribution in [-0.4, -0.2) is 12.5 Å². The molecule has 0 saturated heterocycles. The van der Waals surface area contributed by atoms with Crippen LogP contribution in [0.2, 0.25) is 0 Å². The van der Waals surface area contributed by atoms with Gasteiger partial charge in [0.2, 0.25) is 5.91 Å². The van der Waals surface area contributed by atoms with Gasteiger partial charge in [0.15, 0.2) is 0 Å². The van der Waals surface area contributed by atoms with E-state index in [4.69, 9.17) is 4.74 Å². The highest BCUT2D eigenvalue weighted by atomic mass is 19.1. The predicted molar refractivity (Wildman–Crippen MR) is 96.5 cm³/mol. The Hall–Kier alpha value is -3.34. The third-order valence-corrected chi connectivity index (χ3v) is 3.43. The summed E-state index contributed by atoms with van der Waals surface area (Å²) in [4.78, 5) is 11.9. The third-order valence-electron chi connectivity index (χ3n) is 3.43. The number of nitrogens with one attached hydrogen (secondary N) is 2. The fraction of sp³-hybridized carbons (Fsp3) is 0.0500. The van der Waals surface area contributed by atoms with E-state index in [1.165, 1.54) is 12.1 Å². The monoisotopic (exact) mass is 336 g/mol. The molecule has 0 spiro atoms. The Balaban J connectivity index is 1.51. The molecule has 0 saturated carbocycles. The first-order valence-corrected chi connectivity index (χ1v) is 7.82. The maximum atomic E-state index is 13.5. The average molecular weight is 336 g/mol. The second kappa shape index (κ2) is 7.97. The number of anilines is 2. The Labute approximate surface area is 145 Å². The number of benzene rings is 3. The van der Waals surface area contributed by atoms with E-state index in [2.05, 4.69) is 10.6 Å². The van der Waals surface area contributed by atoms with Crippen LogP contribution in [0, 0.1) is 5.82 Å². The van der Waals surface area contributed by atoms with Crippen molar-refractivity contribution < 1.29 is 13.9 Å². The molecule has 0 bridgehead atoms. The largest absolute Gasteiger partial charge is 0.457 e. The molecular formula is C20H17FN2O2. The van der Waals surface area contributed by atoms with Crippen molar-refractivity contribution in [2.24, 2.45) is 0 Å². The molecule has 0 aliphatic rings. The van der Waals surface area contributed by atoms with Gasteiger partial charge >= 0.3 is 0 Å². The summed E-state index contributed by atoms with van der Waals surface area (Å²) in [6.07, 6.45) is 0. The highest BCUT2D eigenvalue weighted by Crippen LogP contribution is 2.22. The number of halogens is 1. The highest BCUT2D eigenvalue weighted by Gasteiger charge is 2.06. The van der Waals surface area contributed by atoms with E-state index < -0.39 is 5.82 Å². The molecular weight excluding hydrogens is 319 g/mol. The average Bonchev–Trinajstić information content (AvgIpc) is 2.64. The van der Waals surface area contributed by atoms with E-state index >= 15 is 0 Å². The lowest BCUT2D eigenvalue weighted by molar-refractivity contribution is -0.114. The lowest BCUT2D eigenvalue weighted by Gasteiger charge is -2.10. The number of carbonyl (C=O) groups is 1. The Morgan fingerprint density at radius 3 is 2.20 bits per heavy atom. The van der Waals surface area contributed by atoms with Gasteiger partial charge in [-0.15, -0.1) is 0 Å². The van der Waals surface area contributed by atoms with Crippen LogP contribution in [0.1, 0.15) is 0 Å². The van der Waals surface area contributed by atoms with Gasteiger partial charge < -0.3 is 15.4 Å². The van der Waals surface area contributed by atoms with E-state index in [1.807, 2.05) is 54.6 Å². The zero-order valence-electron chi connectivity index (χ0n) is 13.4. The summed E-state index contributed by atoms with van der Waals surface area (Å²) in [6.45, 7) is 0.0349. The van der Waals surface area contributed by atoms with Gasteiger partial charge in [-0.25, -0.2) is 4.39 Å². The van der Waals surface area contributed by atoms with E-state index in [0.717, 1.165) is 11.4 Å². The number of amides is 1. The molecule has 0 aliphatic heterocycles. The zero-order chi connectivity index (χ0) is 17.5. The van der Waals surface area contributed by atoms with Crippen molar-refractivity contribution in [2.75, 3.05) is 17.2 Å². The minimum atomic E-state index is -0.460. The van der Waals surface area contributed by atoms with Crippen LogP contribution in [0.15, 0.2) is 78.9 Å². The standard InChI is InChI=1S/C20H17FN2O2/c21-18-8-4-5-9-19(18)23-20(24)14-22-15-10-12-17(13-11-15)25-16-6-2-1-3-7-16/h1-13,22H,14H2,(H,23,24). The van der Waals surface area contributed by atoms with Gasteiger partial charge in [0.05, 0.1) is 12.2 Å². The molecule has 3 aromatic rings. The molecule has 5 heteroatoms. The molecule has 25 heavy (non-hydrogen) atoms. The summed E-state index contributed by atoms with van der Waals surface area (Å²) in [5, 5.41) is 5.51. The van der Waals surface area contributed by atoms with Gasteiger partial charge in [0, 0.05) is 5.69 Å². The molecule has 0 heterocycles. The lowest BCUT2D eigenvalue weighted by atomic mass is 10.3. The summed E-state index contributed by atoms with van der Waals surface area (Å²) in [5.41, 5.74) is 0.935. The smallest absolute Gasteiger partial charge is 0.243 e. The lowest BCUT2D eigenvalue weighted by Crippen LogP contribution is -2.22. The number of hydrogen-bond acceptors (Lipinski definition) is 3. The molecule has 126 valence electrons. The Kier molecular flexibility index (Phi) is 5.26. The number of ether oxygens (including phenoxy) is 1. The second-order valence-corrected chi connectivity index (χ2v) is 5.32. The van der Waals surface area contributed by atoms with Crippen LogP contribution in [0.25, 0.3) is 0 Å². The Morgan fingerprint density at radius 2 is 1.48 bits per heavy atom. The molecule has 3 aromatic carbocycles. The third kappa shape index (κ3) is 4.81. The molecule has 0 fully saturated rings. The normalized spacial score (nSPS) is 10.1. The van der Waals surface area contributed by atoms with Crippen molar-refractivity contribution in [1.82, 2.24) is 0 Å². The molecule has 1 amide bonds. The Morgan fingerprint density at radius 1 is 0.840 bits per heavy atom. The first kappa shape index (κ1) is 16.5. The number of para-hydroxylation sites is 2. The van der Waals surface area contributed by atoms with E-state index in [0.29, 0.717) is 5.75 Å². The fourth-order valence-electron chi connectivity index (χ4n) is 2.20. The van der Waals surface area contributed by atoms with Gasteiger partial charge in [-0.05, 0) is 48.5 Å². The maximum absolute atomic E-state index is 13.5. The van der Waals surface area contributed by atoms with Gasteiger partial charge in [-0.3, -0.25) is 4.79 Å². The SMILES string of the molecule is O=C(CNc1ccc(Oc2ccccc2)cc1)Nc1ccccc1F. The highest BCUT2D eigenvalue weighted by molar-refractivity contribution is 5.93. The molecule has 2 N–H and O–H groups in total. The van der Waals surface area contributed by atoms with Crippen LogP contribution in [0.4, 0.5) is 15.8 Å². The van der Waals surface area contributed by atoms with Gasteiger partial charge in [0.1, 0.15) is 17.3 Å². The second-order valence-electron chi connectivity index (χ2n) is 5.32. The summed E-state index contributed by atoms with van der Waals surface area (Å²) >= 11 is 0. The molecule has 4 nitrogen and oxygen atoms in total. The zero-order valence-corrected chi connectivity index (χ0v) is 13.4. The van der Waals surface area contributed by atoms with Gasteiger partial charge in [0.25, 0.3) is 0 Å². The predicted octanol–water partition coefficient (Wildman–Crippen LogP) is 4.67. The Bertz CT molecular complexity index is 836. The summed E-state index contributed by atoms with van der Waals surface area (Å²) in [5.74, 6) is 0.674. The summed E-state index contributed by atoms with van der Waals surface area (Å²) in [7, 11) is 0. The first-order valence-electron chi connectivity index (χ1n) is 7.82. The van der Waals surface area contributed by atoms with E-state index in [1.54, 1.807) is 12.1 Å². The first-order chi connectivity index (χ1) is 12.2. The molecule has 0 aliphatic carbocycles. The van der Waals surface area contributed by atoms with Crippen LogP contribution >= 0.6 is 0 Å². The van der Waals surface area contributed by atoms with Crippen LogP contribution in [0.5, 0.6) is 11.5 Å². The number of hydrogen-bond donors (Lipinski definition) is 2.